The van der Waals surface area contributed by atoms with Gasteiger partial charge in [0.1, 0.15) is 18.5 Å². The molecule has 0 aliphatic carbocycles. The third kappa shape index (κ3) is 5.66. The van der Waals surface area contributed by atoms with Crippen LogP contribution in [0, 0.1) is 6.92 Å². The average Bonchev–Trinajstić information content (AvgIpc) is 3.10. The molecule has 0 spiro atoms. The van der Waals surface area contributed by atoms with Crippen LogP contribution in [-0.2, 0) is 24.4 Å². The maximum Gasteiger partial charge on any atom is 0.146 e. The lowest BCUT2D eigenvalue weighted by atomic mass is 10.0. The quantitative estimate of drug-likeness (QED) is 0.722. The summed E-state index contributed by atoms with van der Waals surface area (Å²) >= 11 is 0. The first-order chi connectivity index (χ1) is 12.5. The summed E-state index contributed by atoms with van der Waals surface area (Å²) in [6, 6.07) is 10.7. The molecule has 3 rings (SSSR count). The second-order valence-corrected chi connectivity index (χ2v) is 7.11. The Hall–Kier alpha value is -1.66. The van der Waals surface area contributed by atoms with Gasteiger partial charge < -0.3 is 19.9 Å². The summed E-state index contributed by atoms with van der Waals surface area (Å²) in [6.45, 7) is 7.92. The van der Waals surface area contributed by atoms with E-state index in [9.17, 15) is 5.11 Å². The van der Waals surface area contributed by atoms with E-state index in [2.05, 4.69) is 31.3 Å². The summed E-state index contributed by atoms with van der Waals surface area (Å²) in [5.74, 6) is 0.762. The van der Waals surface area contributed by atoms with E-state index in [1.165, 1.54) is 5.56 Å². The van der Waals surface area contributed by atoms with Gasteiger partial charge in [0.25, 0.3) is 0 Å². The van der Waals surface area contributed by atoms with Crippen LogP contribution in [0.1, 0.15) is 41.9 Å². The topological polar surface area (TPSA) is 63.6 Å². The van der Waals surface area contributed by atoms with Crippen LogP contribution in [0.15, 0.2) is 30.3 Å². The van der Waals surface area contributed by atoms with Gasteiger partial charge in [-0.3, -0.25) is 4.98 Å². The smallest absolute Gasteiger partial charge is 0.146 e. The number of rotatable bonds is 8. The van der Waals surface area contributed by atoms with Crippen LogP contribution in [0.3, 0.4) is 0 Å². The number of pyridine rings is 1. The first-order valence-corrected chi connectivity index (χ1v) is 9.21. The number of aliphatic hydroxyl groups excluding tert-OH is 1. The van der Waals surface area contributed by atoms with Crippen molar-refractivity contribution in [3.8, 4) is 5.75 Å². The minimum Gasteiger partial charge on any atom is -0.489 e. The van der Waals surface area contributed by atoms with Gasteiger partial charge in [-0.05, 0) is 12.5 Å². The third-order valence-electron chi connectivity index (χ3n) is 4.51. The number of hydrogen-bond donors (Lipinski definition) is 2. The second-order valence-electron chi connectivity index (χ2n) is 7.11. The molecule has 0 radical (unpaired) electrons. The molecule has 1 unspecified atom stereocenters. The highest BCUT2D eigenvalue weighted by atomic mass is 35.5. The highest BCUT2D eigenvalue weighted by molar-refractivity contribution is 5.85. The van der Waals surface area contributed by atoms with Crippen molar-refractivity contribution in [2.45, 2.75) is 52.6 Å². The van der Waals surface area contributed by atoms with E-state index in [1.54, 1.807) is 0 Å². The SMILES string of the molecule is Cc1nc(Cc2ccccc2)c2c(c1OCC(O)CNC(C)C)COC2.Cl. The van der Waals surface area contributed by atoms with Gasteiger partial charge in [0.15, 0.2) is 0 Å². The first-order valence-electron chi connectivity index (χ1n) is 9.21. The Labute approximate surface area is 167 Å². The Balaban J connectivity index is 0.00000261. The largest absolute Gasteiger partial charge is 0.489 e. The predicted molar refractivity (Wildman–Crippen MR) is 109 cm³/mol. The summed E-state index contributed by atoms with van der Waals surface area (Å²) in [5.41, 5.74) is 5.34. The molecule has 0 bridgehead atoms. The van der Waals surface area contributed by atoms with Gasteiger partial charge in [-0.25, -0.2) is 0 Å². The van der Waals surface area contributed by atoms with Crippen molar-refractivity contribution in [2.24, 2.45) is 0 Å². The fourth-order valence-electron chi connectivity index (χ4n) is 3.17. The monoisotopic (exact) mass is 392 g/mol. The zero-order chi connectivity index (χ0) is 18.5. The molecular weight excluding hydrogens is 364 g/mol. The number of fused-ring (bicyclic) bond motifs is 1. The van der Waals surface area contributed by atoms with Crippen LogP contribution in [0.25, 0.3) is 0 Å². The molecule has 1 aromatic carbocycles. The molecule has 0 fully saturated rings. The lowest BCUT2D eigenvalue weighted by Crippen LogP contribution is -2.35. The summed E-state index contributed by atoms with van der Waals surface area (Å²) < 4.78 is 11.6. The lowest BCUT2D eigenvalue weighted by Gasteiger charge is -2.18. The summed E-state index contributed by atoms with van der Waals surface area (Å²) in [5, 5.41) is 13.3. The number of nitrogens with zero attached hydrogens (tertiary/aromatic N) is 1. The third-order valence-corrected chi connectivity index (χ3v) is 4.51. The Morgan fingerprint density at radius 1 is 1.19 bits per heavy atom. The maximum atomic E-state index is 10.1. The van der Waals surface area contributed by atoms with E-state index in [4.69, 9.17) is 14.5 Å². The standard InChI is InChI=1S/C21H28N2O3.ClH/c1-14(2)22-10-17(24)11-26-21-15(3)23-20(18-12-25-13-19(18)21)9-16-7-5-4-6-8-16;/h4-8,14,17,22,24H,9-13H2,1-3H3;1H. The van der Waals surface area contributed by atoms with Crippen molar-refractivity contribution in [3.05, 3.63) is 58.4 Å². The van der Waals surface area contributed by atoms with Crippen LogP contribution in [0.2, 0.25) is 0 Å². The summed E-state index contributed by atoms with van der Waals surface area (Å²) in [4.78, 5) is 4.79. The zero-order valence-corrected chi connectivity index (χ0v) is 17.0. The molecule has 1 aliphatic heterocycles. The number of aromatic nitrogens is 1. The molecule has 2 aromatic rings. The van der Waals surface area contributed by atoms with Gasteiger partial charge in [-0.1, -0.05) is 44.2 Å². The van der Waals surface area contributed by atoms with Crippen molar-refractivity contribution in [1.82, 2.24) is 10.3 Å². The Morgan fingerprint density at radius 3 is 2.59 bits per heavy atom. The molecule has 1 aromatic heterocycles. The number of aryl methyl sites for hydroxylation is 1. The fraction of sp³-hybridized carbons (Fsp3) is 0.476. The normalized spacial score (nSPS) is 14.0. The van der Waals surface area contributed by atoms with Crippen LogP contribution < -0.4 is 10.1 Å². The van der Waals surface area contributed by atoms with E-state index in [0.29, 0.717) is 25.8 Å². The minimum atomic E-state index is -0.557. The van der Waals surface area contributed by atoms with Gasteiger partial charge in [-0.2, -0.15) is 0 Å². The van der Waals surface area contributed by atoms with Crippen LogP contribution >= 0.6 is 12.4 Å². The van der Waals surface area contributed by atoms with Crippen LogP contribution in [0.5, 0.6) is 5.75 Å². The molecule has 1 atom stereocenters. The first kappa shape index (κ1) is 21.6. The van der Waals surface area contributed by atoms with Gasteiger partial charge >= 0.3 is 0 Å². The number of halogens is 1. The van der Waals surface area contributed by atoms with E-state index in [1.807, 2.05) is 25.1 Å². The highest BCUT2D eigenvalue weighted by Crippen LogP contribution is 2.34. The predicted octanol–water partition coefficient (Wildman–Crippen LogP) is 3.17. The number of aliphatic hydroxyl groups is 1. The maximum absolute atomic E-state index is 10.1. The van der Waals surface area contributed by atoms with Crippen molar-refractivity contribution in [1.29, 1.82) is 0 Å². The summed E-state index contributed by atoms with van der Waals surface area (Å²) in [7, 11) is 0. The lowest BCUT2D eigenvalue weighted by molar-refractivity contribution is 0.101. The molecule has 2 N–H and O–H groups in total. The number of nitrogens with one attached hydrogen (secondary N) is 1. The molecule has 6 heteroatoms. The number of hydrogen-bond acceptors (Lipinski definition) is 5. The summed E-state index contributed by atoms with van der Waals surface area (Å²) in [6.07, 6.45) is 0.230. The van der Waals surface area contributed by atoms with E-state index in [-0.39, 0.29) is 19.0 Å². The van der Waals surface area contributed by atoms with Crippen molar-refractivity contribution in [2.75, 3.05) is 13.2 Å². The van der Waals surface area contributed by atoms with Gasteiger partial charge in [-0.15, -0.1) is 12.4 Å². The molecule has 0 saturated heterocycles. The van der Waals surface area contributed by atoms with E-state index >= 15 is 0 Å². The zero-order valence-electron chi connectivity index (χ0n) is 16.2. The highest BCUT2D eigenvalue weighted by Gasteiger charge is 2.24. The Bertz CT molecular complexity index is 738. The Kier molecular flexibility index (Phi) is 8.05. The van der Waals surface area contributed by atoms with Crippen LogP contribution in [-0.4, -0.2) is 35.4 Å². The number of benzene rings is 1. The molecule has 0 saturated carbocycles. The van der Waals surface area contributed by atoms with Crippen molar-refractivity contribution < 1.29 is 14.6 Å². The number of ether oxygens (including phenoxy) is 2. The molecular formula is C21H29ClN2O3. The van der Waals surface area contributed by atoms with Gasteiger partial charge in [0, 0.05) is 30.1 Å². The molecule has 1 aliphatic rings. The average molecular weight is 393 g/mol. The molecule has 5 nitrogen and oxygen atoms in total. The fourth-order valence-corrected chi connectivity index (χ4v) is 3.17. The van der Waals surface area contributed by atoms with E-state index in [0.717, 1.165) is 34.7 Å². The minimum absolute atomic E-state index is 0. The molecule has 148 valence electrons. The van der Waals surface area contributed by atoms with Crippen LogP contribution in [0.4, 0.5) is 0 Å². The van der Waals surface area contributed by atoms with Gasteiger partial charge in [0.05, 0.1) is 24.6 Å². The molecule has 2 heterocycles. The van der Waals surface area contributed by atoms with Crippen molar-refractivity contribution >= 4 is 12.4 Å². The van der Waals surface area contributed by atoms with Gasteiger partial charge in [0.2, 0.25) is 0 Å². The second kappa shape index (κ2) is 10.0. The molecule has 27 heavy (non-hydrogen) atoms. The molecule has 0 amide bonds. The Morgan fingerprint density at radius 2 is 1.89 bits per heavy atom. The van der Waals surface area contributed by atoms with Crippen molar-refractivity contribution in [3.63, 3.8) is 0 Å². The van der Waals surface area contributed by atoms with E-state index < -0.39 is 6.10 Å².